The van der Waals surface area contributed by atoms with Crippen LogP contribution in [0.25, 0.3) is 0 Å². The number of benzene rings is 2. The molecular weight excluding hydrogens is 413 g/mol. The molecule has 1 saturated heterocycles. The third-order valence-electron chi connectivity index (χ3n) is 5.31. The molecule has 2 atom stereocenters. The van der Waals surface area contributed by atoms with Gasteiger partial charge in [0.05, 0.1) is 11.0 Å². The molecule has 2 heterocycles. The fourth-order valence-electron chi connectivity index (χ4n) is 3.71. The normalized spacial score (nSPS) is 21.0. The van der Waals surface area contributed by atoms with Crippen molar-refractivity contribution < 1.29 is 31.8 Å². The fourth-order valence-corrected chi connectivity index (χ4v) is 5.51. The number of carbonyl (C=O) groups excluding carboxylic acids is 1. The van der Waals surface area contributed by atoms with E-state index in [1.165, 1.54) is 23.1 Å². The molecule has 1 fully saturated rings. The number of amides is 1. The van der Waals surface area contributed by atoms with Crippen LogP contribution < -0.4 is 14.2 Å². The van der Waals surface area contributed by atoms with Gasteiger partial charge in [-0.05, 0) is 31.5 Å². The molecule has 2 aromatic carbocycles. The van der Waals surface area contributed by atoms with E-state index in [1.807, 2.05) is 0 Å². The first-order valence-corrected chi connectivity index (χ1v) is 11.4. The molecule has 0 radical (unpaired) electrons. The molecule has 0 aliphatic carbocycles. The van der Waals surface area contributed by atoms with E-state index in [1.54, 1.807) is 31.2 Å². The summed E-state index contributed by atoms with van der Waals surface area (Å²) in [6.45, 7) is 1.99. The summed E-state index contributed by atoms with van der Waals surface area (Å²) < 4.78 is 55.9. The first-order valence-electron chi connectivity index (χ1n) is 9.66. The van der Waals surface area contributed by atoms with Gasteiger partial charge in [-0.3, -0.25) is 4.79 Å². The summed E-state index contributed by atoms with van der Waals surface area (Å²) in [5.41, 5.74) is 0.149. The molecule has 9 heteroatoms. The molecule has 0 N–H and O–H groups in total. The van der Waals surface area contributed by atoms with Gasteiger partial charge >= 0.3 is 0 Å². The lowest BCUT2D eigenvalue weighted by atomic mass is 10.1. The Bertz CT molecular complexity index is 1060. The van der Waals surface area contributed by atoms with Crippen LogP contribution in [0.4, 0.5) is 4.39 Å². The molecule has 0 unspecified atom stereocenters. The standard InChI is InChI=1S/C21H22FNO6S/c1-14(29-15-6-7-18-19(12-15)28-13-27-18)21(24)23-9-8-20(30(25,26)11-10-23)16-4-2-3-5-17(16)22/h2-7,12,14,20H,8-11,13H2,1H3/t14-,20-/m1/s1. The highest BCUT2D eigenvalue weighted by Crippen LogP contribution is 2.35. The third kappa shape index (κ3) is 4.07. The van der Waals surface area contributed by atoms with E-state index in [0.717, 1.165) is 0 Å². The van der Waals surface area contributed by atoms with Crippen LogP contribution in [0.5, 0.6) is 17.2 Å². The van der Waals surface area contributed by atoms with Gasteiger partial charge in [0.15, 0.2) is 27.4 Å². The summed E-state index contributed by atoms with van der Waals surface area (Å²) in [6, 6.07) is 10.9. The van der Waals surface area contributed by atoms with Crippen LogP contribution in [0.1, 0.15) is 24.2 Å². The number of nitrogens with zero attached hydrogens (tertiary/aromatic N) is 1. The average Bonchev–Trinajstić information content (AvgIpc) is 3.12. The summed E-state index contributed by atoms with van der Waals surface area (Å²) in [7, 11) is -3.60. The first-order chi connectivity index (χ1) is 14.3. The number of sulfone groups is 1. The van der Waals surface area contributed by atoms with Crippen molar-refractivity contribution in [3.05, 3.63) is 53.8 Å². The van der Waals surface area contributed by atoms with Gasteiger partial charge in [0, 0.05) is 24.7 Å². The second kappa shape index (κ2) is 8.14. The molecule has 4 rings (SSSR count). The van der Waals surface area contributed by atoms with Crippen molar-refractivity contribution in [1.82, 2.24) is 4.90 Å². The molecule has 160 valence electrons. The van der Waals surface area contributed by atoms with E-state index in [0.29, 0.717) is 17.2 Å². The maximum Gasteiger partial charge on any atom is 0.263 e. The maximum absolute atomic E-state index is 14.2. The highest BCUT2D eigenvalue weighted by Gasteiger charge is 2.35. The summed E-state index contributed by atoms with van der Waals surface area (Å²) in [5, 5.41) is -0.971. The Morgan fingerprint density at radius 3 is 2.73 bits per heavy atom. The number of fused-ring (bicyclic) bond motifs is 1. The number of halogens is 1. The Morgan fingerprint density at radius 1 is 1.17 bits per heavy atom. The van der Waals surface area contributed by atoms with Gasteiger partial charge in [0.1, 0.15) is 11.6 Å². The van der Waals surface area contributed by atoms with Crippen molar-refractivity contribution in [3.8, 4) is 17.2 Å². The van der Waals surface area contributed by atoms with Gasteiger partial charge in [-0.1, -0.05) is 18.2 Å². The summed E-state index contributed by atoms with van der Waals surface area (Å²) in [6.07, 6.45) is -0.691. The molecule has 1 amide bonds. The van der Waals surface area contributed by atoms with Crippen molar-refractivity contribution in [3.63, 3.8) is 0 Å². The molecule has 2 aliphatic rings. The van der Waals surface area contributed by atoms with E-state index in [-0.39, 0.29) is 43.5 Å². The zero-order valence-corrected chi connectivity index (χ0v) is 17.2. The van der Waals surface area contributed by atoms with Crippen molar-refractivity contribution in [2.75, 3.05) is 25.6 Å². The largest absolute Gasteiger partial charge is 0.481 e. The topological polar surface area (TPSA) is 82.1 Å². The second-order valence-electron chi connectivity index (χ2n) is 7.27. The average molecular weight is 435 g/mol. The third-order valence-corrected chi connectivity index (χ3v) is 7.42. The lowest BCUT2D eigenvalue weighted by Crippen LogP contribution is -2.42. The fraction of sp³-hybridized carbons (Fsp3) is 0.381. The zero-order chi connectivity index (χ0) is 21.3. The zero-order valence-electron chi connectivity index (χ0n) is 16.4. The van der Waals surface area contributed by atoms with Gasteiger partial charge < -0.3 is 19.1 Å². The lowest BCUT2D eigenvalue weighted by Gasteiger charge is -2.24. The van der Waals surface area contributed by atoms with E-state index in [2.05, 4.69) is 0 Å². The number of ether oxygens (including phenoxy) is 3. The molecule has 0 spiro atoms. The number of rotatable bonds is 4. The Labute approximate surface area is 174 Å². The predicted octanol–water partition coefficient (Wildman–Crippen LogP) is 2.71. The lowest BCUT2D eigenvalue weighted by molar-refractivity contribution is -0.137. The number of hydrogen-bond donors (Lipinski definition) is 0. The minimum Gasteiger partial charge on any atom is -0.481 e. The van der Waals surface area contributed by atoms with Crippen molar-refractivity contribution in [1.29, 1.82) is 0 Å². The van der Waals surface area contributed by atoms with Gasteiger partial charge in [-0.2, -0.15) is 0 Å². The van der Waals surface area contributed by atoms with Crippen LogP contribution >= 0.6 is 0 Å². The van der Waals surface area contributed by atoms with Crippen LogP contribution in [0.15, 0.2) is 42.5 Å². The van der Waals surface area contributed by atoms with Crippen molar-refractivity contribution in [2.24, 2.45) is 0 Å². The second-order valence-corrected chi connectivity index (χ2v) is 9.57. The van der Waals surface area contributed by atoms with Crippen molar-refractivity contribution in [2.45, 2.75) is 24.7 Å². The van der Waals surface area contributed by atoms with Crippen molar-refractivity contribution >= 4 is 15.7 Å². The molecule has 30 heavy (non-hydrogen) atoms. The van der Waals surface area contributed by atoms with Gasteiger partial charge in [-0.25, -0.2) is 12.8 Å². The van der Waals surface area contributed by atoms with E-state index >= 15 is 0 Å². The van der Waals surface area contributed by atoms with Crippen LogP contribution in [-0.2, 0) is 14.6 Å². The highest BCUT2D eigenvalue weighted by molar-refractivity contribution is 7.91. The molecule has 7 nitrogen and oxygen atoms in total. The Morgan fingerprint density at radius 2 is 1.93 bits per heavy atom. The molecule has 0 bridgehead atoms. The van der Waals surface area contributed by atoms with Gasteiger partial charge in [0.25, 0.3) is 5.91 Å². The summed E-state index contributed by atoms with van der Waals surface area (Å²) in [5.74, 6) is 0.502. The van der Waals surface area contributed by atoms with E-state index < -0.39 is 27.0 Å². The van der Waals surface area contributed by atoms with Crippen LogP contribution in [0.2, 0.25) is 0 Å². The first kappa shape index (κ1) is 20.5. The molecule has 0 aromatic heterocycles. The Kier molecular flexibility index (Phi) is 5.55. The summed E-state index contributed by atoms with van der Waals surface area (Å²) in [4.78, 5) is 14.4. The SMILES string of the molecule is C[C@@H](Oc1ccc2c(c1)OCO2)C(=O)N1CC[C@H](c2ccccc2F)S(=O)(=O)CC1. The van der Waals surface area contributed by atoms with Crippen LogP contribution in [0.3, 0.4) is 0 Å². The smallest absolute Gasteiger partial charge is 0.263 e. The van der Waals surface area contributed by atoms with Gasteiger partial charge in [-0.15, -0.1) is 0 Å². The molecule has 0 saturated carbocycles. The minimum atomic E-state index is -3.60. The molecular formula is C21H22FNO6S. The van der Waals surface area contributed by atoms with Crippen LogP contribution in [0, 0.1) is 5.82 Å². The number of hydrogen-bond acceptors (Lipinski definition) is 6. The highest BCUT2D eigenvalue weighted by atomic mass is 32.2. The van der Waals surface area contributed by atoms with Gasteiger partial charge in [0.2, 0.25) is 6.79 Å². The Hall–Kier alpha value is -2.81. The van der Waals surface area contributed by atoms with Crippen LogP contribution in [-0.4, -0.2) is 51.0 Å². The maximum atomic E-state index is 14.2. The minimum absolute atomic E-state index is 0.0426. The Balaban J connectivity index is 1.45. The van der Waals surface area contributed by atoms with E-state index in [9.17, 15) is 17.6 Å². The predicted molar refractivity (Wildman–Crippen MR) is 107 cm³/mol. The van der Waals surface area contributed by atoms with E-state index in [4.69, 9.17) is 14.2 Å². The molecule has 2 aliphatic heterocycles. The monoisotopic (exact) mass is 435 g/mol. The summed E-state index contributed by atoms with van der Waals surface area (Å²) >= 11 is 0. The number of carbonyl (C=O) groups is 1. The molecule has 2 aromatic rings. The quantitative estimate of drug-likeness (QED) is 0.735.